The zero-order valence-electron chi connectivity index (χ0n) is 11.5. The van der Waals surface area contributed by atoms with Gasteiger partial charge in [0.05, 0.1) is 6.61 Å². The number of hydrogen-bond donors (Lipinski definition) is 5. The molecular weight excluding hydrogens is 323 g/mol. The Balaban J connectivity index is 0.00000242. The minimum absolute atomic E-state index is 0. The highest BCUT2D eigenvalue weighted by molar-refractivity contribution is 7.44. The van der Waals surface area contributed by atoms with Gasteiger partial charge in [-0.2, -0.15) is 4.98 Å². The van der Waals surface area contributed by atoms with Crippen LogP contribution in [-0.2, 0) is 13.8 Å². The lowest BCUT2D eigenvalue weighted by Gasteiger charge is -2.20. The molecule has 1 aromatic rings. The van der Waals surface area contributed by atoms with Gasteiger partial charge in [0.2, 0.25) is 0 Å². The molecule has 1 aromatic heterocycles. The van der Waals surface area contributed by atoms with Crippen LogP contribution in [0.15, 0.2) is 17.1 Å². The molecule has 22 heavy (non-hydrogen) atoms. The van der Waals surface area contributed by atoms with Crippen LogP contribution in [0.25, 0.3) is 0 Å². The Morgan fingerprint density at radius 2 is 2.14 bits per heavy atom. The molecule has 0 radical (unpaired) electrons. The van der Waals surface area contributed by atoms with Crippen molar-refractivity contribution in [2.75, 3.05) is 12.3 Å². The van der Waals surface area contributed by atoms with Gasteiger partial charge < -0.3 is 41.1 Å². The van der Waals surface area contributed by atoms with Crippen molar-refractivity contribution < 1.29 is 33.8 Å². The molecule has 0 spiro atoms. The van der Waals surface area contributed by atoms with E-state index in [1.807, 2.05) is 0 Å². The predicted octanol–water partition coefficient (Wildman–Crippen LogP) is -2.70. The summed E-state index contributed by atoms with van der Waals surface area (Å²) in [4.78, 5) is 34.1. The average molecular weight is 340 g/mol. The van der Waals surface area contributed by atoms with Gasteiger partial charge in [-0.25, -0.2) is 4.79 Å². The smallest absolute Gasteiger partial charge is 0.351 e. The highest BCUT2D eigenvalue weighted by Gasteiger charge is 2.44. The molecule has 0 saturated carbocycles. The Morgan fingerprint density at radius 1 is 1.50 bits per heavy atom. The van der Waals surface area contributed by atoms with Crippen molar-refractivity contribution in [1.29, 1.82) is 0 Å². The minimum Gasteiger partial charge on any atom is -0.756 e. The van der Waals surface area contributed by atoms with Crippen molar-refractivity contribution in [3.05, 3.63) is 22.7 Å². The Bertz CT molecular complexity index is 618. The summed E-state index contributed by atoms with van der Waals surface area (Å²) < 4.78 is 20.7. The van der Waals surface area contributed by atoms with Crippen LogP contribution in [0, 0.1) is 0 Å². The van der Waals surface area contributed by atoms with Gasteiger partial charge in [-0.05, 0) is 6.07 Å². The summed E-state index contributed by atoms with van der Waals surface area (Å²) in [5.41, 5.74) is 4.50. The van der Waals surface area contributed by atoms with E-state index in [4.69, 9.17) is 15.4 Å². The number of hydrogen-bond acceptors (Lipinski definition) is 9. The Hall–Kier alpha value is -1.37. The molecule has 12 nitrogen and oxygen atoms in total. The standard InChI is InChI=1S/C9H14N3O8P.H3N/c10-5-1-2-12(9(15)11-5)8-7(14)6(13)4(20-8)3-19-21(16,17)18;/h1-2,4,6-8,13-14H,3H2,(H2,10,11,15)(H2,16,17,18);1H3/t4-,6+,7?,8-;/m1./s1. The van der Waals surface area contributed by atoms with Gasteiger partial charge in [0.1, 0.15) is 24.1 Å². The number of phosphoric ester groups is 1. The maximum absolute atomic E-state index is 11.6. The molecular formula is C9H17N4O8P. The first-order valence-corrected chi connectivity index (χ1v) is 7.23. The van der Waals surface area contributed by atoms with E-state index in [-0.39, 0.29) is 12.0 Å². The van der Waals surface area contributed by atoms with Crippen molar-refractivity contribution in [1.82, 2.24) is 15.7 Å². The molecule has 0 amide bonds. The maximum atomic E-state index is 11.6. The molecule has 1 saturated heterocycles. The van der Waals surface area contributed by atoms with Crippen molar-refractivity contribution >= 4 is 13.6 Å². The fraction of sp³-hybridized carbons (Fsp3) is 0.556. The summed E-state index contributed by atoms with van der Waals surface area (Å²) in [6.07, 6.45) is -4.39. The summed E-state index contributed by atoms with van der Waals surface area (Å²) in [5.74, 6) is -0.0308. The van der Waals surface area contributed by atoms with Crippen molar-refractivity contribution in [2.24, 2.45) is 0 Å². The van der Waals surface area contributed by atoms with E-state index in [9.17, 15) is 24.5 Å². The Kier molecular flexibility index (Phi) is 5.78. The third kappa shape index (κ3) is 4.09. The molecule has 1 fully saturated rings. The monoisotopic (exact) mass is 340 g/mol. The van der Waals surface area contributed by atoms with Gasteiger partial charge in [-0.3, -0.25) is 9.13 Å². The average Bonchev–Trinajstić information content (AvgIpc) is 2.64. The molecule has 0 aliphatic carbocycles. The Morgan fingerprint density at radius 3 is 2.68 bits per heavy atom. The highest BCUT2D eigenvalue weighted by Crippen LogP contribution is 2.34. The maximum Gasteiger partial charge on any atom is 0.351 e. The van der Waals surface area contributed by atoms with E-state index < -0.39 is 44.7 Å². The van der Waals surface area contributed by atoms with E-state index in [1.54, 1.807) is 0 Å². The largest absolute Gasteiger partial charge is 0.756 e. The number of rotatable bonds is 4. The number of aliphatic hydroxyl groups is 2. The molecule has 0 aromatic carbocycles. The fourth-order valence-electron chi connectivity index (χ4n) is 1.88. The lowest BCUT2D eigenvalue weighted by atomic mass is 10.1. The number of nitrogens with two attached hydrogens (primary N) is 1. The summed E-state index contributed by atoms with van der Waals surface area (Å²) in [5, 5.41) is 19.6. The van der Waals surface area contributed by atoms with Crippen LogP contribution in [0.1, 0.15) is 6.23 Å². The van der Waals surface area contributed by atoms with Crippen LogP contribution in [-0.4, -0.2) is 49.6 Å². The first-order valence-electron chi connectivity index (χ1n) is 5.73. The number of nitrogen functional groups attached to an aromatic ring is 1. The molecule has 2 heterocycles. The van der Waals surface area contributed by atoms with E-state index >= 15 is 0 Å². The zero-order chi connectivity index (χ0) is 15.8. The third-order valence-corrected chi connectivity index (χ3v) is 3.34. The molecule has 13 heteroatoms. The Labute approximate surface area is 123 Å². The molecule has 1 aliphatic heterocycles. The highest BCUT2D eigenvalue weighted by atomic mass is 31.2. The second-order valence-corrected chi connectivity index (χ2v) is 5.55. The predicted molar refractivity (Wildman–Crippen MR) is 70.6 cm³/mol. The number of anilines is 1. The van der Waals surface area contributed by atoms with Crippen LogP contribution in [0.2, 0.25) is 0 Å². The number of phosphoric acid groups is 1. The quantitative estimate of drug-likeness (QED) is 0.357. The lowest BCUT2D eigenvalue weighted by molar-refractivity contribution is -0.222. The van der Waals surface area contributed by atoms with Gasteiger partial charge in [-0.1, -0.05) is 0 Å². The summed E-state index contributed by atoms with van der Waals surface area (Å²) in [7, 11) is -4.99. The summed E-state index contributed by atoms with van der Waals surface area (Å²) in [6, 6.07) is 1.28. The van der Waals surface area contributed by atoms with E-state index in [0.717, 1.165) is 4.57 Å². The number of ether oxygens (including phenoxy) is 1. The van der Waals surface area contributed by atoms with Gasteiger partial charge >= 0.3 is 5.69 Å². The van der Waals surface area contributed by atoms with Gasteiger partial charge in [0, 0.05) is 6.20 Å². The second kappa shape index (κ2) is 6.81. The first kappa shape index (κ1) is 18.7. The molecule has 0 bridgehead atoms. The van der Waals surface area contributed by atoms with Gasteiger partial charge in [0.15, 0.2) is 6.23 Å². The molecule has 9 N–H and O–H groups in total. The SMILES string of the molecule is Nc1ccn([C@@H]2O[C@H](COP(=O)([O-])O)[C@H](O)C2O)c(=O)n1.[NH4+]. The number of aromatic nitrogens is 2. The number of quaternary nitrogens is 1. The van der Waals surface area contributed by atoms with Gasteiger partial charge in [-0.15, -0.1) is 0 Å². The molecule has 1 aliphatic rings. The van der Waals surface area contributed by atoms with E-state index in [2.05, 4.69) is 9.51 Å². The van der Waals surface area contributed by atoms with Crippen LogP contribution in [0.4, 0.5) is 5.82 Å². The topological polar surface area (TPSA) is 217 Å². The van der Waals surface area contributed by atoms with Gasteiger partial charge in [0.25, 0.3) is 7.82 Å². The van der Waals surface area contributed by atoms with Crippen molar-refractivity contribution in [2.45, 2.75) is 24.5 Å². The normalized spacial score (nSPS) is 30.5. The first-order chi connectivity index (χ1) is 9.69. The second-order valence-electron chi connectivity index (χ2n) is 4.35. The third-order valence-electron chi connectivity index (χ3n) is 2.86. The molecule has 2 rings (SSSR count). The lowest BCUT2D eigenvalue weighted by Crippen LogP contribution is -2.36. The van der Waals surface area contributed by atoms with E-state index in [1.165, 1.54) is 12.3 Å². The fourth-order valence-corrected chi connectivity index (χ4v) is 2.22. The zero-order valence-corrected chi connectivity index (χ0v) is 12.4. The van der Waals surface area contributed by atoms with Crippen LogP contribution in [0.5, 0.6) is 0 Å². The van der Waals surface area contributed by atoms with Crippen molar-refractivity contribution in [3.63, 3.8) is 0 Å². The summed E-state index contributed by atoms with van der Waals surface area (Å²) >= 11 is 0. The number of nitrogens with zero attached hydrogens (tertiary/aromatic N) is 2. The molecule has 2 unspecified atom stereocenters. The van der Waals surface area contributed by atoms with Crippen LogP contribution < -0.4 is 22.5 Å². The van der Waals surface area contributed by atoms with Crippen LogP contribution >= 0.6 is 7.82 Å². The minimum atomic E-state index is -4.99. The van der Waals surface area contributed by atoms with Crippen LogP contribution in [0.3, 0.4) is 0 Å². The molecule has 126 valence electrons. The van der Waals surface area contributed by atoms with Crippen molar-refractivity contribution in [3.8, 4) is 0 Å². The summed E-state index contributed by atoms with van der Waals surface area (Å²) in [6.45, 7) is -0.719. The molecule has 5 atom stereocenters. The number of aliphatic hydroxyl groups excluding tert-OH is 2. The van der Waals surface area contributed by atoms with E-state index in [0.29, 0.717) is 0 Å².